The van der Waals surface area contributed by atoms with E-state index in [0.29, 0.717) is 23.5 Å². The summed E-state index contributed by atoms with van der Waals surface area (Å²) in [6, 6.07) is 18.4. The van der Waals surface area contributed by atoms with Crippen LogP contribution < -0.4 is 8.92 Å². The topological polar surface area (TPSA) is 231 Å². The lowest BCUT2D eigenvalue weighted by Gasteiger charge is -2.35. The minimum absolute atomic E-state index is 0.00769. The number of amides is 2. The molecule has 0 unspecified atom stereocenters. The molecule has 0 aromatic heterocycles. The number of aliphatic hydroxyl groups is 2. The predicted molar refractivity (Wildman–Crippen MR) is 214 cm³/mol. The molecule has 332 valence electrons. The van der Waals surface area contributed by atoms with Gasteiger partial charge in [-0.05, 0) is 73.2 Å². The van der Waals surface area contributed by atoms with Gasteiger partial charge in [0.1, 0.15) is 23.7 Å². The van der Waals surface area contributed by atoms with Crippen LogP contribution in [0.2, 0.25) is 0 Å². The number of halogens is 3. The highest BCUT2D eigenvalue weighted by molar-refractivity contribution is 7.88. The molecule has 0 saturated carbocycles. The van der Waals surface area contributed by atoms with Crippen LogP contribution in [0.1, 0.15) is 36.1 Å². The lowest BCUT2D eigenvalue weighted by atomic mass is 9.90. The van der Waals surface area contributed by atoms with Crippen molar-refractivity contribution in [3.05, 3.63) is 140 Å². The highest BCUT2D eigenvalue weighted by Crippen LogP contribution is 2.70. The Morgan fingerprint density at radius 3 is 1.61 bits per heavy atom. The highest BCUT2D eigenvalue weighted by atomic mass is 32.2. The first-order chi connectivity index (χ1) is 29.3. The molecule has 62 heavy (non-hydrogen) atoms. The Balaban J connectivity index is 1.36. The van der Waals surface area contributed by atoms with Crippen LogP contribution in [0, 0.1) is 20.2 Å². The number of hydrogen-bond acceptors (Lipinski definition) is 14. The van der Waals surface area contributed by atoms with Crippen molar-refractivity contribution in [2.75, 3.05) is 13.0 Å². The summed E-state index contributed by atoms with van der Waals surface area (Å²) in [5.74, 6) is -0.257. The number of alkyl halides is 3. The van der Waals surface area contributed by atoms with Gasteiger partial charge in [-0.3, -0.25) is 20.2 Å². The molecular weight excluding hydrogens is 868 g/mol. The van der Waals surface area contributed by atoms with Crippen LogP contribution in [0.4, 0.5) is 29.3 Å². The van der Waals surface area contributed by atoms with Gasteiger partial charge in [0.2, 0.25) is 0 Å². The Labute approximate surface area is 353 Å². The smallest absolute Gasteiger partial charge is 0.451 e. The SMILES string of the molecule is CCO[P+]1(COc2ccc(C[C@@H]3[C@H](O)[C@@H](O)[C@@H](Cc4ccc(OS(=O)(=O)C(F)(F)F)cc4)N(Cc4cccc([N+](=O)[O-])c4)C(=O)N3Cc3cccc([N+](=O)[O-])c3)cc2)OC(C)O1. The van der Waals surface area contributed by atoms with E-state index in [0.717, 1.165) is 12.1 Å². The number of non-ortho nitro benzene ring substituents is 2. The minimum Gasteiger partial charge on any atom is -0.451 e. The molecule has 18 nitrogen and oxygen atoms in total. The first kappa shape index (κ1) is 46.0. The fourth-order valence-electron chi connectivity index (χ4n) is 7.06. The van der Waals surface area contributed by atoms with E-state index in [1.807, 2.05) is 0 Å². The Morgan fingerprint density at radius 1 is 0.758 bits per heavy atom. The molecule has 0 aliphatic carbocycles. The van der Waals surface area contributed by atoms with E-state index in [2.05, 4.69) is 4.18 Å². The second-order valence-corrected chi connectivity index (χ2v) is 18.0. The summed E-state index contributed by atoms with van der Waals surface area (Å²) in [4.78, 5) is 39.6. The fourth-order valence-corrected chi connectivity index (χ4v) is 9.46. The zero-order valence-corrected chi connectivity index (χ0v) is 34.6. The second kappa shape index (κ2) is 18.9. The van der Waals surface area contributed by atoms with E-state index in [1.54, 1.807) is 38.1 Å². The van der Waals surface area contributed by atoms with Gasteiger partial charge in [-0.1, -0.05) is 48.5 Å². The zero-order chi connectivity index (χ0) is 45.0. The monoisotopic (exact) mass is 909 g/mol. The number of ether oxygens (including phenoxy) is 1. The number of benzene rings is 4. The number of nitro benzene ring substituents is 2. The quantitative estimate of drug-likeness (QED) is 0.0372. The molecule has 4 aromatic rings. The van der Waals surface area contributed by atoms with Crippen LogP contribution in [0.3, 0.4) is 0 Å². The lowest BCUT2D eigenvalue weighted by molar-refractivity contribution is -0.385. The molecule has 2 N–H and O–H groups in total. The summed E-state index contributed by atoms with van der Waals surface area (Å²) in [7, 11) is -8.67. The third-order valence-corrected chi connectivity index (χ3v) is 13.2. The third-order valence-electron chi connectivity index (χ3n) is 9.94. The first-order valence-corrected chi connectivity index (χ1v) is 22.0. The van der Waals surface area contributed by atoms with Crippen molar-refractivity contribution in [1.82, 2.24) is 9.80 Å². The van der Waals surface area contributed by atoms with Crippen molar-refractivity contribution in [2.45, 2.75) is 75.9 Å². The molecule has 6 rings (SSSR count). The Morgan fingerprint density at radius 2 is 1.21 bits per heavy atom. The summed E-state index contributed by atoms with van der Waals surface area (Å²) in [6.45, 7) is 3.19. The van der Waals surface area contributed by atoms with Crippen molar-refractivity contribution in [2.24, 2.45) is 0 Å². The number of rotatable bonds is 17. The molecule has 2 amide bonds. The van der Waals surface area contributed by atoms with Gasteiger partial charge in [0, 0.05) is 37.4 Å². The predicted octanol–water partition coefficient (Wildman–Crippen LogP) is 6.64. The summed E-state index contributed by atoms with van der Waals surface area (Å²) >= 11 is 0. The van der Waals surface area contributed by atoms with Gasteiger partial charge in [0.15, 0.2) is 0 Å². The summed E-state index contributed by atoms with van der Waals surface area (Å²) < 4.78 is 89.4. The van der Waals surface area contributed by atoms with Gasteiger partial charge < -0.3 is 28.9 Å². The van der Waals surface area contributed by atoms with Crippen molar-refractivity contribution in [3.8, 4) is 11.5 Å². The molecule has 0 radical (unpaired) electrons. The van der Waals surface area contributed by atoms with E-state index in [-0.39, 0.29) is 54.8 Å². The van der Waals surface area contributed by atoms with E-state index in [9.17, 15) is 52.0 Å². The van der Waals surface area contributed by atoms with Crippen molar-refractivity contribution >= 4 is 35.5 Å². The molecule has 4 aromatic carbocycles. The number of urea groups is 1. The Kier molecular flexibility index (Phi) is 14.0. The lowest BCUT2D eigenvalue weighted by Crippen LogP contribution is -2.50. The molecule has 23 heteroatoms. The van der Waals surface area contributed by atoms with Crippen molar-refractivity contribution in [1.29, 1.82) is 0 Å². The molecule has 2 saturated heterocycles. The minimum atomic E-state index is -6.00. The maximum absolute atomic E-state index is 15.0. The average molecular weight is 910 g/mol. The van der Waals surface area contributed by atoms with Crippen molar-refractivity contribution < 1.29 is 68.9 Å². The third kappa shape index (κ3) is 10.8. The number of carbonyl (C=O) groups is 1. The molecule has 2 fully saturated rings. The molecule has 2 aliphatic heterocycles. The Hall–Kier alpha value is -5.48. The van der Waals surface area contributed by atoms with Crippen LogP contribution in [-0.2, 0) is 49.6 Å². The van der Waals surface area contributed by atoms with Gasteiger partial charge in [-0.25, -0.2) is 4.79 Å². The van der Waals surface area contributed by atoms with Gasteiger partial charge >= 0.3 is 29.6 Å². The molecule has 4 atom stereocenters. The van der Waals surface area contributed by atoms with E-state index in [4.69, 9.17) is 18.3 Å². The van der Waals surface area contributed by atoms with E-state index < -0.39 is 75.8 Å². The number of hydrogen-bond donors (Lipinski definition) is 2. The molecule has 0 bridgehead atoms. The van der Waals surface area contributed by atoms with Crippen LogP contribution in [-0.4, -0.2) is 93.4 Å². The first-order valence-electron chi connectivity index (χ1n) is 18.9. The summed E-state index contributed by atoms with van der Waals surface area (Å²) in [5.41, 5.74) is -4.90. The molecule has 2 heterocycles. The van der Waals surface area contributed by atoms with Gasteiger partial charge in [-0.2, -0.15) is 26.1 Å². The fraction of sp³-hybridized carbons (Fsp3) is 0.359. The number of nitro groups is 2. The van der Waals surface area contributed by atoms with E-state index >= 15 is 4.79 Å². The zero-order valence-electron chi connectivity index (χ0n) is 32.9. The van der Waals surface area contributed by atoms with Gasteiger partial charge in [-0.15, -0.1) is 9.05 Å². The van der Waals surface area contributed by atoms with Crippen LogP contribution in [0.15, 0.2) is 97.1 Å². The molecule has 0 spiro atoms. The van der Waals surface area contributed by atoms with E-state index in [1.165, 1.54) is 70.5 Å². The number of carbonyl (C=O) groups excluding carboxylic acids is 1. The van der Waals surface area contributed by atoms with Gasteiger partial charge in [0.05, 0.1) is 28.5 Å². The normalized spacial score (nSPS) is 23.0. The summed E-state index contributed by atoms with van der Waals surface area (Å²) in [6.07, 6.45) is -4.26. The molecular formula is C39H41F3N4O14PS+. The second-order valence-electron chi connectivity index (χ2n) is 14.3. The number of aliphatic hydroxyl groups excluding tert-OH is 2. The van der Waals surface area contributed by atoms with Gasteiger partial charge in [0.25, 0.3) is 24.0 Å². The largest absolute Gasteiger partial charge is 0.534 e. The van der Waals surface area contributed by atoms with Crippen LogP contribution in [0.25, 0.3) is 0 Å². The number of nitrogens with zero attached hydrogens (tertiary/aromatic N) is 4. The molecule has 2 aliphatic rings. The van der Waals surface area contributed by atoms with Crippen LogP contribution in [0.5, 0.6) is 11.5 Å². The van der Waals surface area contributed by atoms with Crippen LogP contribution >= 0.6 is 7.94 Å². The maximum atomic E-state index is 15.0. The Bertz CT molecular complexity index is 2350. The summed E-state index contributed by atoms with van der Waals surface area (Å²) in [5, 5.41) is 47.6. The maximum Gasteiger partial charge on any atom is 0.534 e. The average Bonchev–Trinajstić information content (AvgIpc) is 3.27. The highest BCUT2D eigenvalue weighted by Gasteiger charge is 2.60. The standard InChI is InChI=1S/C39H41F3N4O14PS/c1-3-57-61(58-25(2)59-61)24-56-32-14-10-26(11-15-32)20-34-36(47)37(48)35(21-27-12-16-33(17-13-27)60-62(54,55)39(40,41)42)44(23-29-7-5-9-31(19-29)46(52)53)38(49)43(34)22-28-6-4-8-30(18-28)45(50)51/h4-19,25,34-37,47-48H,3,20-24H2,1-2H3/q+1/t25?,34-,35-,36+,37+,61?/m1/s1. The van der Waals surface area contributed by atoms with Crippen molar-refractivity contribution in [3.63, 3.8) is 0 Å².